The Balaban J connectivity index is 1.55. The lowest BCUT2D eigenvalue weighted by Gasteiger charge is -2.39. The van der Waals surface area contributed by atoms with Gasteiger partial charge in [0.1, 0.15) is 6.33 Å². The quantitative estimate of drug-likeness (QED) is 0.740. The first kappa shape index (κ1) is 17.8. The van der Waals surface area contributed by atoms with E-state index in [2.05, 4.69) is 31.0 Å². The van der Waals surface area contributed by atoms with Gasteiger partial charge in [-0.15, -0.1) is 0 Å². The van der Waals surface area contributed by atoms with Crippen LogP contribution in [0.3, 0.4) is 0 Å². The summed E-state index contributed by atoms with van der Waals surface area (Å²) in [6.45, 7) is 3.63. The van der Waals surface area contributed by atoms with Crippen molar-refractivity contribution in [1.29, 1.82) is 0 Å². The van der Waals surface area contributed by atoms with Crippen molar-refractivity contribution in [2.45, 2.75) is 57.2 Å². The molecule has 2 aliphatic heterocycles. The molecule has 0 spiro atoms. The van der Waals surface area contributed by atoms with Crippen LogP contribution in [0.5, 0.6) is 0 Å². The van der Waals surface area contributed by atoms with Crippen LogP contribution in [-0.4, -0.2) is 52.5 Å². The Bertz CT molecular complexity index is 589. The molecule has 1 aliphatic carbocycles. The molecule has 3 aliphatic rings. The van der Waals surface area contributed by atoms with Gasteiger partial charge in [0, 0.05) is 43.1 Å². The number of carbonyl (C=O) groups excluding carboxylic acids is 1. The Morgan fingerprint density at radius 2 is 2.00 bits per heavy atom. The fourth-order valence-electron chi connectivity index (χ4n) is 4.84. The maximum atomic E-state index is 13.7. The number of nitrogens with one attached hydrogen (secondary N) is 3. The van der Waals surface area contributed by atoms with E-state index in [0.717, 1.165) is 57.3 Å². The first-order valence-corrected chi connectivity index (χ1v) is 10.1. The highest BCUT2D eigenvalue weighted by Gasteiger charge is 2.42. The summed E-state index contributed by atoms with van der Waals surface area (Å²) < 4.78 is 0. The zero-order valence-electron chi connectivity index (χ0n) is 15.4. The third kappa shape index (κ3) is 3.89. The van der Waals surface area contributed by atoms with Crippen LogP contribution in [-0.2, 0) is 11.3 Å². The number of hydrogen-bond acceptors (Lipinski definition) is 6. The predicted octanol–water partition coefficient (Wildman–Crippen LogP) is 0.840. The fourth-order valence-corrected chi connectivity index (χ4v) is 4.84. The molecule has 3 N–H and O–H groups in total. The molecule has 4 rings (SSSR count). The number of aromatic nitrogens is 2. The average Bonchev–Trinajstić information content (AvgIpc) is 3.01. The summed E-state index contributed by atoms with van der Waals surface area (Å²) in [5.74, 6) is 0.964. The van der Waals surface area contributed by atoms with Crippen LogP contribution >= 0.6 is 0 Å². The molecule has 2 saturated heterocycles. The van der Waals surface area contributed by atoms with Gasteiger partial charge in [-0.3, -0.25) is 15.6 Å². The van der Waals surface area contributed by atoms with Gasteiger partial charge < -0.3 is 10.2 Å². The van der Waals surface area contributed by atoms with Crippen LogP contribution < -0.4 is 16.2 Å². The highest BCUT2D eigenvalue weighted by atomic mass is 16.2. The average molecular weight is 358 g/mol. The zero-order chi connectivity index (χ0) is 17.8. The standard InChI is InChI=1S/C19H30N6O/c26-19(17-5-1-3-15-11-23-24-18(15)17)25(12-14-9-21-13-22-10-14)16-4-2-7-20-8-6-16/h9-10,13,15-18,20,23-24H,1-8,11-12H2. The van der Waals surface area contributed by atoms with Gasteiger partial charge >= 0.3 is 0 Å². The van der Waals surface area contributed by atoms with Gasteiger partial charge in [0.2, 0.25) is 5.91 Å². The number of amides is 1. The second-order valence-corrected chi connectivity index (χ2v) is 7.90. The van der Waals surface area contributed by atoms with Crippen LogP contribution in [0.15, 0.2) is 18.7 Å². The molecule has 3 fully saturated rings. The first-order valence-electron chi connectivity index (χ1n) is 10.1. The van der Waals surface area contributed by atoms with Gasteiger partial charge in [-0.2, -0.15) is 0 Å². The summed E-state index contributed by atoms with van der Waals surface area (Å²) in [6.07, 6.45) is 11.8. The molecule has 1 aromatic rings. The minimum Gasteiger partial charge on any atom is -0.335 e. The van der Waals surface area contributed by atoms with Gasteiger partial charge in [-0.1, -0.05) is 6.42 Å². The van der Waals surface area contributed by atoms with Gasteiger partial charge in [0.25, 0.3) is 0 Å². The minimum atomic E-state index is 0.0737. The maximum Gasteiger partial charge on any atom is 0.227 e. The van der Waals surface area contributed by atoms with E-state index in [-0.39, 0.29) is 12.0 Å². The van der Waals surface area contributed by atoms with Crippen molar-refractivity contribution < 1.29 is 4.79 Å². The second-order valence-electron chi connectivity index (χ2n) is 7.90. The van der Waals surface area contributed by atoms with Crippen LogP contribution in [0.1, 0.15) is 44.1 Å². The van der Waals surface area contributed by atoms with E-state index in [9.17, 15) is 4.79 Å². The molecule has 1 saturated carbocycles. The summed E-state index contributed by atoms with van der Waals surface area (Å²) in [5.41, 5.74) is 7.68. The molecule has 0 radical (unpaired) electrons. The Morgan fingerprint density at radius 1 is 1.12 bits per heavy atom. The fraction of sp³-hybridized carbons (Fsp3) is 0.737. The molecule has 7 heteroatoms. The van der Waals surface area contributed by atoms with E-state index in [1.54, 1.807) is 6.33 Å². The summed E-state index contributed by atoms with van der Waals surface area (Å²) in [5, 5.41) is 3.47. The molecule has 3 heterocycles. The normalized spacial score (nSPS) is 31.8. The monoisotopic (exact) mass is 358 g/mol. The van der Waals surface area contributed by atoms with E-state index in [4.69, 9.17) is 0 Å². The predicted molar refractivity (Wildman–Crippen MR) is 98.8 cm³/mol. The smallest absolute Gasteiger partial charge is 0.227 e. The lowest BCUT2D eigenvalue weighted by atomic mass is 9.77. The summed E-state index contributed by atoms with van der Waals surface area (Å²) >= 11 is 0. The molecule has 4 atom stereocenters. The molecule has 4 unspecified atom stereocenters. The Labute approximate surface area is 155 Å². The number of carbonyl (C=O) groups is 1. The highest BCUT2D eigenvalue weighted by Crippen LogP contribution is 2.33. The lowest BCUT2D eigenvalue weighted by molar-refractivity contribution is -0.141. The molecule has 1 aromatic heterocycles. The van der Waals surface area contributed by atoms with E-state index in [0.29, 0.717) is 24.4 Å². The van der Waals surface area contributed by atoms with Crippen LogP contribution in [0, 0.1) is 11.8 Å². The number of hydrazine groups is 1. The van der Waals surface area contributed by atoms with E-state index in [1.165, 1.54) is 6.42 Å². The SMILES string of the molecule is O=C(C1CCCC2CNNC21)N(Cc1cncnc1)C1CCCNCC1. The molecule has 0 aromatic carbocycles. The van der Waals surface area contributed by atoms with E-state index >= 15 is 0 Å². The zero-order valence-corrected chi connectivity index (χ0v) is 15.4. The van der Waals surface area contributed by atoms with Gasteiger partial charge in [0.05, 0.1) is 5.92 Å². The Morgan fingerprint density at radius 3 is 2.88 bits per heavy atom. The minimum absolute atomic E-state index is 0.0737. The third-order valence-electron chi connectivity index (χ3n) is 6.22. The summed E-state index contributed by atoms with van der Waals surface area (Å²) in [6, 6.07) is 0.571. The molecule has 0 bridgehead atoms. The number of fused-ring (bicyclic) bond motifs is 1. The molecule has 7 nitrogen and oxygen atoms in total. The van der Waals surface area contributed by atoms with Crippen molar-refractivity contribution in [1.82, 2.24) is 31.0 Å². The van der Waals surface area contributed by atoms with E-state index < -0.39 is 0 Å². The highest BCUT2D eigenvalue weighted by molar-refractivity contribution is 5.80. The third-order valence-corrected chi connectivity index (χ3v) is 6.22. The molecular formula is C19H30N6O. The second kappa shape index (κ2) is 8.41. The van der Waals surface area contributed by atoms with Crippen LogP contribution in [0.4, 0.5) is 0 Å². The number of nitrogens with zero attached hydrogens (tertiary/aromatic N) is 3. The largest absolute Gasteiger partial charge is 0.335 e. The Kier molecular flexibility index (Phi) is 5.77. The molecule has 26 heavy (non-hydrogen) atoms. The Hall–Kier alpha value is -1.57. The summed E-state index contributed by atoms with van der Waals surface area (Å²) in [4.78, 5) is 24.1. The van der Waals surface area contributed by atoms with Crippen molar-refractivity contribution in [3.05, 3.63) is 24.3 Å². The van der Waals surface area contributed by atoms with Gasteiger partial charge in [-0.05, 0) is 51.1 Å². The van der Waals surface area contributed by atoms with Crippen molar-refractivity contribution in [3.63, 3.8) is 0 Å². The number of rotatable bonds is 4. The van der Waals surface area contributed by atoms with E-state index in [1.807, 2.05) is 12.4 Å². The van der Waals surface area contributed by atoms with Crippen molar-refractivity contribution in [2.75, 3.05) is 19.6 Å². The summed E-state index contributed by atoms with van der Waals surface area (Å²) in [7, 11) is 0. The van der Waals surface area contributed by atoms with Gasteiger partial charge in [-0.25, -0.2) is 9.97 Å². The van der Waals surface area contributed by atoms with Crippen LogP contribution in [0.2, 0.25) is 0 Å². The van der Waals surface area contributed by atoms with Crippen LogP contribution in [0.25, 0.3) is 0 Å². The van der Waals surface area contributed by atoms with Gasteiger partial charge in [0.15, 0.2) is 0 Å². The molecule has 1 amide bonds. The van der Waals surface area contributed by atoms with Crippen molar-refractivity contribution in [3.8, 4) is 0 Å². The first-order chi connectivity index (χ1) is 12.8. The lowest BCUT2D eigenvalue weighted by Crippen LogP contribution is -2.51. The van der Waals surface area contributed by atoms with Crippen molar-refractivity contribution in [2.24, 2.45) is 11.8 Å². The molecular weight excluding hydrogens is 328 g/mol. The topological polar surface area (TPSA) is 82.2 Å². The molecule has 142 valence electrons. The number of hydrogen-bond donors (Lipinski definition) is 3. The van der Waals surface area contributed by atoms with Crippen molar-refractivity contribution >= 4 is 5.91 Å². The maximum absolute atomic E-state index is 13.7.